The summed E-state index contributed by atoms with van der Waals surface area (Å²) in [7, 11) is 0. The number of carbonyl (C=O) groups is 1. The van der Waals surface area contributed by atoms with Gasteiger partial charge in [0.25, 0.3) is 0 Å². The first-order valence-corrected chi connectivity index (χ1v) is 6.92. The molecule has 1 aliphatic heterocycles. The van der Waals surface area contributed by atoms with Crippen molar-refractivity contribution in [3.8, 4) is 0 Å². The molecule has 0 aromatic heterocycles. The Morgan fingerprint density at radius 3 is 3.00 bits per heavy atom. The molecule has 1 N–H and O–H groups in total. The smallest absolute Gasteiger partial charge is 0.223 e. The molecule has 0 aliphatic carbocycles. The van der Waals surface area contributed by atoms with Crippen LogP contribution in [0.2, 0.25) is 0 Å². The Morgan fingerprint density at radius 2 is 2.37 bits per heavy atom. The number of hydrogen-bond donors (Lipinski definition) is 1. The van der Waals surface area contributed by atoms with E-state index in [1.165, 1.54) is 12.1 Å². The zero-order valence-corrected chi connectivity index (χ0v) is 11.4. The van der Waals surface area contributed by atoms with E-state index in [1.54, 1.807) is 11.0 Å². The van der Waals surface area contributed by atoms with Crippen LogP contribution < -0.4 is 5.32 Å². The maximum Gasteiger partial charge on any atom is 0.223 e. The number of carbonyl (C=O) groups excluding carboxylic acids is 1. The van der Waals surface area contributed by atoms with E-state index in [0.717, 1.165) is 25.1 Å². The van der Waals surface area contributed by atoms with Crippen LogP contribution in [0, 0.1) is 11.7 Å². The molecule has 1 amide bonds. The van der Waals surface area contributed by atoms with Crippen LogP contribution in [0.15, 0.2) is 24.3 Å². The van der Waals surface area contributed by atoms with Gasteiger partial charge in [-0.25, -0.2) is 4.39 Å². The Kier molecular flexibility index (Phi) is 4.91. The van der Waals surface area contributed by atoms with Crippen molar-refractivity contribution in [1.29, 1.82) is 0 Å². The molecule has 1 atom stereocenters. The van der Waals surface area contributed by atoms with Crippen LogP contribution in [0.5, 0.6) is 0 Å². The molecule has 104 valence electrons. The Balaban J connectivity index is 1.93. The largest absolute Gasteiger partial charge is 0.339 e. The molecular formula is C15H21FN2O. The molecule has 1 aromatic rings. The van der Waals surface area contributed by atoms with Crippen LogP contribution in [0.3, 0.4) is 0 Å². The molecule has 0 radical (unpaired) electrons. The van der Waals surface area contributed by atoms with Gasteiger partial charge in [0.1, 0.15) is 5.82 Å². The average molecular weight is 264 g/mol. The fourth-order valence-corrected chi connectivity index (χ4v) is 2.50. The second kappa shape index (κ2) is 6.66. The van der Waals surface area contributed by atoms with Crippen molar-refractivity contribution in [2.45, 2.75) is 26.3 Å². The standard InChI is InChI=1S/C15H21FN2O/c1-2-18(11-13-4-3-5-14(16)8-13)15(19)9-12-6-7-17-10-12/h3-5,8,12,17H,2,6-7,9-11H2,1H3. The lowest BCUT2D eigenvalue weighted by Crippen LogP contribution is -2.32. The summed E-state index contributed by atoms with van der Waals surface area (Å²) in [6.45, 7) is 5.06. The van der Waals surface area contributed by atoms with E-state index in [-0.39, 0.29) is 11.7 Å². The minimum Gasteiger partial charge on any atom is -0.339 e. The highest BCUT2D eigenvalue weighted by molar-refractivity contribution is 5.76. The van der Waals surface area contributed by atoms with Crippen molar-refractivity contribution >= 4 is 5.91 Å². The number of hydrogen-bond acceptors (Lipinski definition) is 2. The lowest BCUT2D eigenvalue weighted by atomic mass is 10.0. The van der Waals surface area contributed by atoms with Gasteiger partial charge in [-0.2, -0.15) is 0 Å². The lowest BCUT2D eigenvalue weighted by molar-refractivity contribution is -0.132. The molecule has 1 heterocycles. The summed E-state index contributed by atoms with van der Waals surface area (Å²) in [6, 6.07) is 6.46. The van der Waals surface area contributed by atoms with E-state index in [1.807, 2.05) is 13.0 Å². The Bertz CT molecular complexity index is 430. The minimum absolute atomic E-state index is 0.167. The minimum atomic E-state index is -0.249. The summed E-state index contributed by atoms with van der Waals surface area (Å²) in [5.74, 6) is 0.371. The maximum absolute atomic E-state index is 13.1. The van der Waals surface area contributed by atoms with Gasteiger partial charge in [-0.3, -0.25) is 4.79 Å². The topological polar surface area (TPSA) is 32.3 Å². The van der Waals surface area contributed by atoms with Crippen LogP contribution in [0.25, 0.3) is 0 Å². The van der Waals surface area contributed by atoms with Crippen LogP contribution in [0.4, 0.5) is 4.39 Å². The van der Waals surface area contributed by atoms with Gasteiger partial charge in [0.15, 0.2) is 0 Å². The van der Waals surface area contributed by atoms with E-state index in [2.05, 4.69) is 5.32 Å². The van der Waals surface area contributed by atoms with Gasteiger partial charge < -0.3 is 10.2 Å². The van der Waals surface area contributed by atoms with Crippen LogP contribution in [-0.4, -0.2) is 30.4 Å². The SMILES string of the molecule is CCN(Cc1cccc(F)c1)C(=O)CC1CCNC1. The first-order chi connectivity index (χ1) is 9.19. The third-order valence-corrected chi connectivity index (χ3v) is 3.62. The number of nitrogens with zero attached hydrogens (tertiary/aromatic N) is 1. The molecule has 0 bridgehead atoms. The highest BCUT2D eigenvalue weighted by atomic mass is 19.1. The molecule has 1 saturated heterocycles. The summed E-state index contributed by atoms with van der Waals surface area (Å²) < 4.78 is 13.1. The summed E-state index contributed by atoms with van der Waals surface area (Å²) in [4.78, 5) is 14.0. The van der Waals surface area contributed by atoms with Crippen LogP contribution >= 0.6 is 0 Å². The van der Waals surface area contributed by atoms with Gasteiger partial charge in [-0.15, -0.1) is 0 Å². The maximum atomic E-state index is 13.1. The Hall–Kier alpha value is -1.42. The van der Waals surface area contributed by atoms with Crippen LogP contribution in [0.1, 0.15) is 25.3 Å². The molecule has 4 heteroatoms. The summed E-state index contributed by atoms with van der Waals surface area (Å²) >= 11 is 0. The lowest BCUT2D eigenvalue weighted by Gasteiger charge is -2.22. The fourth-order valence-electron chi connectivity index (χ4n) is 2.50. The quantitative estimate of drug-likeness (QED) is 0.884. The third kappa shape index (κ3) is 4.03. The Labute approximate surface area is 113 Å². The average Bonchev–Trinajstić information content (AvgIpc) is 2.88. The van der Waals surface area contributed by atoms with Gasteiger partial charge in [-0.1, -0.05) is 12.1 Å². The van der Waals surface area contributed by atoms with Crippen molar-refractivity contribution in [1.82, 2.24) is 10.2 Å². The van der Waals surface area contributed by atoms with Gasteiger partial charge in [0, 0.05) is 19.5 Å². The third-order valence-electron chi connectivity index (χ3n) is 3.62. The normalized spacial score (nSPS) is 18.5. The molecule has 3 nitrogen and oxygen atoms in total. The van der Waals surface area contributed by atoms with E-state index in [4.69, 9.17) is 0 Å². The number of amides is 1. The molecule has 19 heavy (non-hydrogen) atoms. The second-order valence-corrected chi connectivity index (χ2v) is 5.10. The van der Waals surface area contributed by atoms with Gasteiger partial charge >= 0.3 is 0 Å². The molecule has 2 rings (SSSR count). The van der Waals surface area contributed by atoms with Gasteiger partial charge in [-0.05, 0) is 50.0 Å². The number of nitrogens with one attached hydrogen (secondary N) is 1. The fraction of sp³-hybridized carbons (Fsp3) is 0.533. The number of halogens is 1. The first-order valence-electron chi connectivity index (χ1n) is 6.92. The van der Waals surface area contributed by atoms with Crippen molar-refractivity contribution < 1.29 is 9.18 Å². The first kappa shape index (κ1) is 14.0. The van der Waals surface area contributed by atoms with Crippen molar-refractivity contribution in [2.75, 3.05) is 19.6 Å². The van der Waals surface area contributed by atoms with E-state index < -0.39 is 0 Å². The zero-order valence-electron chi connectivity index (χ0n) is 11.4. The highest BCUT2D eigenvalue weighted by Gasteiger charge is 2.21. The van der Waals surface area contributed by atoms with Crippen molar-refractivity contribution in [2.24, 2.45) is 5.92 Å². The van der Waals surface area contributed by atoms with Crippen molar-refractivity contribution in [3.05, 3.63) is 35.6 Å². The van der Waals surface area contributed by atoms with E-state index >= 15 is 0 Å². The van der Waals surface area contributed by atoms with E-state index in [0.29, 0.717) is 25.4 Å². The molecule has 1 aliphatic rings. The van der Waals surface area contributed by atoms with Gasteiger partial charge in [0.05, 0.1) is 0 Å². The van der Waals surface area contributed by atoms with Crippen LogP contribution in [-0.2, 0) is 11.3 Å². The van der Waals surface area contributed by atoms with Crippen molar-refractivity contribution in [3.63, 3.8) is 0 Å². The number of benzene rings is 1. The van der Waals surface area contributed by atoms with Gasteiger partial charge in [0.2, 0.25) is 5.91 Å². The molecule has 0 saturated carbocycles. The molecule has 1 aromatic carbocycles. The predicted octanol–water partition coefficient (Wildman–Crippen LogP) is 2.17. The highest BCUT2D eigenvalue weighted by Crippen LogP contribution is 2.15. The monoisotopic (exact) mass is 264 g/mol. The zero-order chi connectivity index (χ0) is 13.7. The van der Waals surface area contributed by atoms with E-state index in [9.17, 15) is 9.18 Å². The summed E-state index contributed by atoms with van der Waals surface area (Å²) in [5, 5.41) is 3.27. The molecule has 0 spiro atoms. The second-order valence-electron chi connectivity index (χ2n) is 5.10. The number of rotatable bonds is 5. The predicted molar refractivity (Wildman–Crippen MR) is 73.1 cm³/mol. The molecular weight excluding hydrogens is 243 g/mol. The Morgan fingerprint density at radius 1 is 1.53 bits per heavy atom. The summed E-state index contributed by atoms with van der Waals surface area (Å²) in [5.41, 5.74) is 0.847. The summed E-state index contributed by atoms with van der Waals surface area (Å²) in [6.07, 6.45) is 1.67. The molecule has 1 unspecified atom stereocenters. The molecule has 1 fully saturated rings.